The quantitative estimate of drug-likeness (QED) is 0.777. The smallest absolute Gasteiger partial charge is 0.243 e. The molecule has 1 aromatic rings. The van der Waals surface area contributed by atoms with Gasteiger partial charge < -0.3 is 5.32 Å². The van der Waals surface area contributed by atoms with Crippen LogP contribution in [0.5, 0.6) is 0 Å². The summed E-state index contributed by atoms with van der Waals surface area (Å²) < 4.78 is 39.6. The first-order valence-electron chi connectivity index (χ1n) is 6.01. The van der Waals surface area contributed by atoms with Gasteiger partial charge in [-0.05, 0) is 24.7 Å². The van der Waals surface area contributed by atoms with Crippen molar-refractivity contribution in [3.8, 4) is 0 Å². The fourth-order valence-corrected chi connectivity index (χ4v) is 3.44. The van der Waals surface area contributed by atoms with Crippen molar-refractivity contribution >= 4 is 10.0 Å². The van der Waals surface area contributed by atoms with E-state index < -0.39 is 15.8 Å². The Morgan fingerprint density at radius 1 is 1.47 bits per heavy atom. The highest BCUT2D eigenvalue weighted by molar-refractivity contribution is 7.89. The lowest BCUT2D eigenvalue weighted by molar-refractivity contribution is 0.458. The molecule has 0 atom stereocenters. The van der Waals surface area contributed by atoms with E-state index in [0.29, 0.717) is 18.7 Å². The molecule has 0 aliphatic heterocycles. The zero-order valence-electron chi connectivity index (χ0n) is 11.2. The van der Waals surface area contributed by atoms with Crippen LogP contribution in [0.15, 0.2) is 35.7 Å². The molecule has 1 aromatic carbocycles. The van der Waals surface area contributed by atoms with Crippen molar-refractivity contribution in [1.82, 2.24) is 9.62 Å². The van der Waals surface area contributed by atoms with E-state index in [4.69, 9.17) is 0 Å². The number of hydrogen-bond donors (Lipinski definition) is 1. The van der Waals surface area contributed by atoms with E-state index in [-0.39, 0.29) is 11.4 Å². The van der Waals surface area contributed by atoms with Crippen molar-refractivity contribution in [3.05, 3.63) is 42.2 Å². The number of halogens is 1. The minimum atomic E-state index is -3.71. The van der Waals surface area contributed by atoms with Crippen molar-refractivity contribution < 1.29 is 12.8 Å². The third kappa shape index (κ3) is 3.62. The molecule has 0 radical (unpaired) electrons. The lowest BCUT2D eigenvalue weighted by Gasteiger charge is -2.20. The van der Waals surface area contributed by atoms with Gasteiger partial charge in [0.15, 0.2) is 0 Å². The van der Waals surface area contributed by atoms with Crippen molar-refractivity contribution in [2.75, 3.05) is 20.1 Å². The lowest BCUT2D eigenvalue weighted by atomic mass is 10.2. The van der Waals surface area contributed by atoms with Crippen LogP contribution in [0, 0.1) is 5.82 Å². The minimum absolute atomic E-state index is 0.00514. The number of sulfonamides is 1. The second-order valence-electron chi connectivity index (χ2n) is 4.03. The average molecular weight is 286 g/mol. The molecule has 0 heterocycles. The summed E-state index contributed by atoms with van der Waals surface area (Å²) >= 11 is 0. The lowest BCUT2D eigenvalue weighted by Crippen LogP contribution is -2.32. The molecule has 0 bridgehead atoms. The molecule has 19 heavy (non-hydrogen) atoms. The zero-order valence-corrected chi connectivity index (χ0v) is 12.0. The topological polar surface area (TPSA) is 49.4 Å². The maximum atomic E-state index is 13.3. The molecule has 0 fully saturated rings. The number of nitrogens with zero attached hydrogens (tertiary/aromatic N) is 1. The molecule has 6 heteroatoms. The van der Waals surface area contributed by atoms with E-state index in [9.17, 15) is 12.8 Å². The fraction of sp³-hybridized carbons (Fsp3) is 0.385. The molecule has 106 valence electrons. The molecular formula is C13H19FN2O2S. The van der Waals surface area contributed by atoms with Gasteiger partial charge in [-0.2, -0.15) is 4.31 Å². The van der Waals surface area contributed by atoms with Crippen LogP contribution in [0.2, 0.25) is 0 Å². The molecule has 4 nitrogen and oxygen atoms in total. The van der Waals surface area contributed by atoms with Crippen LogP contribution >= 0.6 is 0 Å². The molecule has 0 amide bonds. The minimum Gasteiger partial charge on any atom is -0.316 e. The Morgan fingerprint density at radius 2 is 2.16 bits per heavy atom. The largest absolute Gasteiger partial charge is 0.316 e. The zero-order chi connectivity index (χ0) is 14.5. The SMILES string of the molecule is C=CCN(CC)S(=O)(=O)c1cc(F)ccc1CNC. The van der Waals surface area contributed by atoms with Gasteiger partial charge in [-0.15, -0.1) is 6.58 Å². The summed E-state index contributed by atoms with van der Waals surface area (Å²) in [5, 5.41) is 2.88. The highest BCUT2D eigenvalue weighted by Gasteiger charge is 2.25. The van der Waals surface area contributed by atoms with Gasteiger partial charge in [0, 0.05) is 19.6 Å². The van der Waals surface area contributed by atoms with Crippen LogP contribution < -0.4 is 5.32 Å². The predicted molar refractivity (Wildman–Crippen MR) is 73.8 cm³/mol. The number of likely N-dealkylation sites (N-methyl/N-ethyl adjacent to an activating group) is 1. The van der Waals surface area contributed by atoms with Gasteiger partial charge in [-0.25, -0.2) is 12.8 Å². The van der Waals surface area contributed by atoms with Crippen LogP contribution in [0.25, 0.3) is 0 Å². The van der Waals surface area contributed by atoms with Gasteiger partial charge in [-0.1, -0.05) is 19.1 Å². The fourth-order valence-electron chi connectivity index (χ4n) is 1.79. The standard InChI is InChI=1S/C13H19FN2O2S/c1-4-8-16(5-2)19(17,18)13-9-12(14)7-6-11(13)10-15-3/h4,6-7,9,15H,1,5,8,10H2,2-3H3. The van der Waals surface area contributed by atoms with Crippen LogP contribution in [-0.4, -0.2) is 32.9 Å². The van der Waals surface area contributed by atoms with E-state index in [1.165, 1.54) is 22.5 Å². The summed E-state index contributed by atoms with van der Waals surface area (Å²) in [5.74, 6) is -0.562. The van der Waals surface area contributed by atoms with Crippen LogP contribution in [0.4, 0.5) is 4.39 Å². The number of rotatable bonds is 7. The summed E-state index contributed by atoms with van der Waals surface area (Å²) in [5.41, 5.74) is 0.548. The average Bonchev–Trinajstić information content (AvgIpc) is 2.38. The summed E-state index contributed by atoms with van der Waals surface area (Å²) in [6.45, 7) is 6.15. The van der Waals surface area contributed by atoms with E-state index >= 15 is 0 Å². The molecule has 0 spiro atoms. The number of nitrogens with one attached hydrogen (secondary N) is 1. The number of hydrogen-bond acceptors (Lipinski definition) is 3. The van der Waals surface area contributed by atoms with Gasteiger partial charge in [0.2, 0.25) is 10.0 Å². The monoisotopic (exact) mass is 286 g/mol. The Balaban J connectivity index is 3.32. The third-order valence-electron chi connectivity index (χ3n) is 2.70. The summed E-state index contributed by atoms with van der Waals surface area (Å²) in [4.78, 5) is 0.00514. The Hall–Kier alpha value is -1.24. The molecule has 0 saturated heterocycles. The van der Waals surface area contributed by atoms with Gasteiger partial charge in [0.1, 0.15) is 5.82 Å². The van der Waals surface area contributed by atoms with E-state index in [2.05, 4.69) is 11.9 Å². The van der Waals surface area contributed by atoms with Crippen molar-refractivity contribution in [2.45, 2.75) is 18.4 Å². The van der Waals surface area contributed by atoms with E-state index in [1.54, 1.807) is 14.0 Å². The molecule has 0 aromatic heterocycles. The van der Waals surface area contributed by atoms with Gasteiger partial charge in [0.05, 0.1) is 4.90 Å². The Bertz CT molecular complexity index is 544. The van der Waals surface area contributed by atoms with Gasteiger partial charge in [0.25, 0.3) is 0 Å². The molecule has 0 saturated carbocycles. The number of benzene rings is 1. The first-order chi connectivity index (χ1) is 8.97. The molecule has 1 N–H and O–H groups in total. The van der Waals surface area contributed by atoms with Crippen molar-refractivity contribution in [3.63, 3.8) is 0 Å². The molecular weight excluding hydrogens is 267 g/mol. The second-order valence-corrected chi connectivity index (χ2v) is 5.93. The highest BCUT2D eigenvalue weighted by Crippen LogP contribution is 2.21. The second kappa shape index (κ2) is 6.79. The summed E-state index contributed by atoms with van der Waals surface area (Å²) in [7, 11) is -2.00. The third-order valence-corrected chi connectivity index (χ3v) is 4.72. The van der Waals surface area contributed by atoms with Crippen molar-refractivity contribution in [1.29, 1.82) is 0 Å². The highest BCUT2D eigenvalue weighted by atomic mass is 32.2. The molecule has 0 aliphatic carbocycles. The Labute approximate surface area is 114 Å². The maximum absolute atomic E-state index is 13.3. The van der Waals surface area contributed by atoms with Crippen LogP contribution in [0.3, 0.4) is 0 Å². The first-order valence-corrected chi connectivity index (χ1v) is 7.45. The van der Waals surface area contributed by atoms with Gasteiger partial charge in [-0.3, -0.25) is 0 Å². The van der Waals surface area contributed by atoms with Crippen molar-refractivity contribution in [2.24, 2.45) is 0 Å². The first kappa shape index (κ1) is 15.8. The maximum Gasteiger partial charge on any atom is 0.243 e. The van der Waals surface area contributed by atoms with Crippen LogP contribution in [0.1, 0.15) is 12.5 Å². The molecule has 1 rings (SSSR count). The predicted octanol–water partition coefficient (Wildman–Crippen LogP) is 1.74. The van der Waals surface area contributed by atoms with Crippen LogP contribution in [-0.2, 0) is 16.6 Å². The Morgan fingerprint density at radius 3 is 2.68 bits per heavy atom. The molecule has 0 aliphatic rings. The van der Waals surface area contributed by atoms with E-state index in [1.807, 2.05) is 0 Å². The van der Waals surface area contributed by atoms with E-state index in [0.717, 1.165) is 6.07 Å². The summed E-state index contributed by atoms with van der Waals surface area (Å²) in [6, 6.07) is 3.81. The normalized spacial score (nSPS) is 11.8. The Kier molecular flexibility index (Phi) is 5.65. The summed E-state index contributed by atoms with van der Waals surface area (Å²) in [6.07, 6.45) is 1.51. The molecule has 0 unspecified atom stereocenters. The van der Waals surface area contributed by atoms with Gasteiger partial charge >= 0.3 is 0 Å².